The number of halogens is 6. The molecule has 19 heavy (non-hydrogen) atoms. The molecule has 0 N–H and O–H groups in total. The summed E-state index contributed by atoms with van der Waals surface area (Å²) in [5, 5.41) is 2.31. The highest BCUT2D eigenvalue weighted by Crippen LogP contribution is 2.37. The van der Waals surface area contributed by atoms with Gasteiger partial charge >= 0.3 is 0 Å². The van der Waals surface area contributed by atoms with E-state index in [1.165, 1.54) is 0 Å². The van der Waals surface area contributed by atoms with E-state index in [2.05, 4.69) is 0 Å². The molecule has 100 valence electrons. The average molecular weight is 375 g/mol. The first kappa shape index (κ1) is 15.6. The van der Waals surface area contributed by atoms with Crippen LogP contribution in [0, 0.1) is 0 Å². The van der Waals surface area contributed by atoms with Crippen molar-refractivity contribution >= 4 is 69.6 Å². The first-order valence-electron chi connectivity index (χ1n) is 5.16. The minimum atomic E-state index is 0.331. The van der Waals surface area contributed by atoms with Crippen molar-refractivity contribution in [3.8, 4) is 0 Å². The molecule has 0 atom stereocenters. The van der Waals surface area contributed by atoms with Crippen molar-refractivity contribution in [2.24, 2.45) is 0 Å². The fourth-order valence-electron chi connectivity index (χ4n) is 1.61. The standard InChI is InChI=1S/C13H6Cl6/c14-8-3-1-6(10(16)12(8)18)5-7-2-4-9(15)13(19)11(7)17/h1-4H,5H2. The minimum Gasteiger partial charge on any atom is -0.0827 e. The predicted molar refractivity (Wildman–Crippen MR) is 85.8 cm³/mol. The van der Waals surface area contributed by atoms with Gasteiger partial charge in [0, 0.05) is 6.42 Å². The average Bonchev–Trinajstić information content (AvgIpc) is 2.39. The summed E-state index contributed by atoms with van der Waals surface area (Å²) >= 11 is 36.1. The Balaban J connectivity index is 2.43. The fraction of sp³-hybridized carbons (Fsp3) is 0.0769. The molecule has 0 aliphatic heterocycles. The Labute approximate surface area is 141 Å². The highest BCUT2D eigenvalue weighted by atomic mass is 35.5. The first-order valence-corrected chi connectivity index (χ1v) is 7.43. The van der Waals surface area contributed by atoms with Crippen LogP contribution in [0.4, 0.5) is 0 Å². The fourth-order valence-corrected chi connectivity index (χ4v) is 2.85. The van der Waals surface area contributed by atoms with E-state index in [0.717, 1.165) is 11.1 Å². The van der Waals surface area contributed by atoms with Crippen LogP contribution < -0.4 is 0 Å². The third kappa shape index (κ3) is 3.26. The summed E-state index contributed by atoms with van der Waals surface area (Å²) in [7, 11) is 0. The predicted octanol–water partition coefficient (Wildman–Crippen LogP) is 7.20. The van der Waals surface area contributed by atoms with Crippen molar-refractivity contribution in [3.05, 3.63) is 65.5 Å². The second-order valence-corrected chi connectivity index (χ2v) is 6.17. The molecule has 0 amide bonds. The number of hydrogen-bond donors (Lipinski definition) is 0. The maximum absolute atomic E-state index is 6.15. The number of hydrogen-bond acceptors (Lipinski definition) is 0. The molecule has 0 spiro atoms. The SMILES string of the molecule is Clc1ccc(Cc2ccc(Cl)c(Cl)c2Cl)c(Cl)c1Cl. The quantitative estimate of drug-likeness (QED) is 0.487. The summed E-state index contributed by atoms with van der Waals surface area (Å²) < 4.78 is 0. The normalized spacial score (nSPS) is 10.8. The van der Waals surface area contributed by atoms with Crippen LogP contribution in [0.1, 0.15) is 11.1 Å². The molecule has 2 aromatic carbocycles. The van der Waals surface area contributed by atoms with Crippen LogP contribution in [0.25, 0.3) is 0 Å². The second-order valence-electron chi connectivity index (χ2n) is 3.85. The van der Waals surface area contributed by atoms with Gasteiger partial charge in [-0.3, -0.25) is 0 Å². The van der Waals surface area contributed by atoms with E-state index in [-0.39, 0.29) is 0 Å². The van der Waals surface area contributed by atoms with Crippen molar-refractivity contribution in [1.29, 1.82) is 0 Å². The molecule has 2 rings (SSSR count). The summed E-state index contributed by atoms with van der Waals surface area (Å²) in [4.78, 5) is 0. The van der Waals surface area contributed by atoms with Crippen LogP contribution in [0.2, 0.25) is 30.1 Å². The second kappa shape index (κ2) is 6.30. The van der Waals surface area contributed by atoms with Crippen LogP contribution in [0.3, 0.4) is 0 Å². The van der Waals surface area contributed by atoms with Crippen molar-refractivity contribution in [2.45, 2.75) is 6.42 Å². The molecular weight excluding hydrogens is 369 g/mol. The Hall–Kier alpha value is 0.180. The molecule has 0 aliphatic rings. The van der Waals surface area contributed by atoms with E-state index < -0.39 is 0 Å². The van der Waals surface area contributed by atoms with Crippen LogP contribution in [0.5, 0.6) is 0 Å². The van der Waals surface area contributed by atoms with Gasteiger partial charge < -0.3 is 0 Å². The Bertz CT molecular complexity index is 580. The van der Waals surface area contributed by atoms with Crippen molar-refractivity contribution < 1.29 is 0 Å². The van der Waals surface area contributed by atoms with Gasteiger partial charge in [-0.1, -0.05) is 81.7 Å². The van der Waals surface area contributed by atoms with Gasteiger partial charge in [0.25, 0.3) is 0 Å². The third-order valence-corrected chi connectivity index (χ3v) is 5.28. The van der Waals surface area contributed by atoms with E-state index in [4.69, 9.17) is 69.6 Å². The molecule has 0 aliphatic carbocycles. The lowest BCUT2D eigenvalue weighted by atomic mass is 10.0. The van der Waals surface area contributed by atoms with Gasteiger partial charge in [0.15, 0.2) is 0 Å². The topological polar surface area (TPSA) is 0 Å². The molecule has 0 unspecified atom stereocenters. The van der Waals surface area contributed by atoms with Gasteiger partial charge in [-0.25, -0.2) is 0 Å². The minimum absolute atomic E-state index is 0.331. The van der Waals surface area contributed by atoms with Gasteiger partial charge in [-0.15, -0.1) is 0 Å². The molecule has 6 heteroatoms. The van der Waals surface area contributed by atoms with Crippen molar-refractivity contribution in [3.63, 3.8) is 0 Å². The number of rotatable bonds is 2. The largest absolute Gasteiger partial charge is 0.0827 e. The molecule has 0 aromatic heterocycles. The lowest BCUT2D eigenvalue weighted by molar-refractivity contribution is 1.19. The van der Waals surface area contributed by atoms with Crippen molar-refractivity contribution in [1.82, 2.24) is 0 Å². The summed E-state index contributed by atoms with van der Waals surface area (Å²) in [6, 6.07) is 6.98. The summed E-state index contributed by atoms with van der Waals surface area (Å²) in [5.74, 6) is 0. The summed E-state index contributed by atoms with van der Waals surface area (Å²) in [5.41, 5.74) is 1.63. The van der Waals surface area contributed by atoms with E-state index in [0.29, 0.717) is 36.6 Å². The van der Waals surface area contributed by atoms with Gasteiger partial charge in [0.1, 0.15) is 0 Å². The highest BCUT2D eigenvalue weighted by Gasteiger charge is 2.13. The van der Waals surface area contributed by atoms with E-state index >= 15 is 0 Å². The smallest absolute Gasteiger partial charge is 0.0781 e. The zero-order valence-corrected chi connectivity index (χ0v) is 13.8. The Morgan fingerprint density at radius 2 is 0.895 bits per heavy atom. The van der Waals surface area contributed by atoms with Gasteiger partial charge in [0.05, 0.1) is 30.1 Å². The van der Waals surface area contributed by atoms with Crippen LogP contribution in [-0.2, 0) is 6.42 Å². The maximum atomic E-state index is 6.15. The molecule has 0 bridgehead atoms. The Kier molecular flexibility index (Phi) is 5.16. The lowest BCUT2D eigenvalue weighted by Gasteiger charge is -2.10. The van der Waals surface area contributed by atoms with Gasteiger partial charge in [-0.05, 0) is 23.3 Å². The molecule has 0 saturated heterocycles. The molecule has 0 heterocycles. The van der Waals surface area contributed by atoms with Crippen molar-refractivity contribution in [2.75, 3.05) is 0 Å². The van der Waals surface area contributed by atoms with Gasteiger partial charge in [0.2, 0.25) is 0 Å². The van der Waals surface area contributed by atoms with Crippen LogP contribution in [-0.4, -0.2) is 0 Å². The summed E-state index contributed by atoms with van der Waals surface area (Å²) in [6.45, 7) is 0. The maximum Gasteiger partial charge on any atom is 0.0781 e. The molecule has 2 aromatic rings. The highest BCUT2D eigenvalue weighted by molar-refractivity contribution is 6.49. The number of benzene rings is 2. The molecule has 0 radical (unpaired) electrons. The Morgan fingerprint density at radius 3 is 1.26 bits per heavy atom. The zero-order chi connectivity index (χ0) is 14.2. The lowest BCUT2D eigenvalue weighted by Crippen LogP contribution is -1.92. The third-order valence-electron chi connectivity index (χ3n) is 2.61. The van der Waals surface area contributed by atoms with Crippen LogP contribution >= 0.6 is 69.6 Å². The van der Waals surface area contributed by atoms with Crippen LogP contribution in [0.15, 0.2) is 24.3 Å². The molecule has 0 fully saturated rings. The first-order chi connectivity index (χ1) is 8.91. The Morgan fingerprint density at radius 1 is 0.526 bits per heavy atom. The van der Waals surface area contributed by atoms with E-state index in [9.17, 15) is 0 Å². The molecule has 0 saturated carbocycles. The zero-order valence-electron chi connectivity index (χ0n) is 9.28. The summed E-state index contributed by atoms with van der Waals surface area (Å²) in [6.07, 6.45) is 0.492. The molecular formula is C13H6Cl6. The van der Waals surface area contributed by atoms with E-state index in [1.807, 2.05) is 0 Å². The van der Waals surface area contributed by atoms with E-state index in [1.54, 1.807) is 24.3 Å². The van der Waals surface area contributed by atoms with Gasteiger partial charge in [-0.2, -0.15) is 0 Å². The monoisotopic (exact) mass is 372 g/mol. The molecule has 0 nitrogen and oxygen atoms in total.